The van der Waals surface area contributed by atoms with Gasteiger partial charge in [-0.15, -0.1) is 0 Å². The first-order valence-corrected chi connectivity index (χ1v) is 13.1. The largest absolute Gasteiger partial charge is 0.490 e. The van der Waals surface area contributed by atoms with Crippen LogP contribution in [0.15, 0.2) is 48.5 Å². The van der Waals surface area contributed by atoms with Gasteiger partial charge in [0.2, 0.25) is 15.9 Å². The van der Waals surface area contributed by atoms with Crippen LogP contribution in [0.4, 0.5) is 5.69 Å². The predicted molar refractivity (Wildman–Crippen MR) is 127 cm³/mol. The Balaban J connectivity index is 1.40. The molecule has 9 nitrogen and oxygen atoms in total. The summed E-state index contributed by atoms with van der Waals surface area (Å²) in [6.07, 6.45) is 1.96. The van der Waals surface area contributed by atoms with Gasteiger partial charge in [0.05, 0.1) is 30.4 Å². The SMILES string of the molecule is CN1C(=O)c2cc(NS(C)(=O)=O)ccc2OC[C@H]2O[C@H](CC(=O)NCc3ccccc3)CC[C@H]21. The van der Waals surface area contributed by atoms with E-state index in [0.717, 1.165) is 11.8 Å². The number of carbonyl (C=O) groups excluding carboxylic acids is 2. The fraction of sp³-hybridized carbons (Fsp3) is 0.417. The smallest absolute Gasteiger partial charge is 0.257 e. The zero-order valence-corrected chi connectivity index (χ0v) is 20.0. The lowest BCUT2D eigenvalue weighted by Crippen LogP contribution is -2.53. The molecule has 34 heavy (non-hydrogen) atoms. The second kappa shape index (κ2) is 10.0. The molecule has 10 heteroatoms. The van der Waals surface area contributed by atoms with Crippen molar-refractivity contribution < 1.29 is 27.5 Å². The van der Waals surface area contributed by atoms with Crippen molar-refractivity contribution >= 4 is 27.5 Å². The highest BCUT2D eigenvalue weighted by Gasteiger charge is 2.39. The van der Waals surface area contributed by atoms with Gasteiger partial charge in [0, 0.05) is 19.3 Å². The van der Waals surface area contributed by atoms with Crippen LogP contribution in [-0.4, -0.2) is 63.3 Å². The summed E-state index contributed by atoms with van der Waals surface area (Å²) in [6.45, 7) is 0.683. The van der Waals surface area contributed by atoms with E-state index in [1.165, 1.54) is 6.07 Å². The van der Waals surface area contributed by atoms with E-state index < -0.39 is 10.0 Å². The van der Waals surface area contributed by atoms with E-state index in [-0.39, 0.29) is 48.7 Å². The van der Waals surface area contributed by atoms with Crippen LogP contribution in [0, 0.1) is 0 Å². The van der Waals surface area contributed by atoms with Crippen LogP contribution in [-0.2, 0) is 26.1 Å². The lowest BCUT2D eigenvalue weighted by molar-refractivity contribution is -0.134. The minimum Gasteiger partial charge on any atom is -0.490 e. The van der Waals surface area contributed by atoms with Crippen molar-refractivity contribution in [3.63, 3.8) is 0 Å². The number of nitrogens with one attached hydrogen (secondary N) is 2. The second-order valence-electron chi connectivity index (χ2n) is 8.72. The second-order valence-corrected chi connectivity index (χ2v) is 10.5. The summed E-state index contributed by atoms with van der Waals surface area (Å²) >= 11 is 0. The van der Waals surface area contributed by atoms with Gasteiger partial charge in [-0.25, -0.2) is 8.42 Å². The molecular formula is C24H29N3O6S. The van der Waals surface area contributed by atoms with Crippen LogP contribution in [0.5, 0.6) is 5.75 Å². The molecule has 0 aromatic heterocycles. The van der Waals surface area contributed by atoms with Crippen molar-refractivity contribution in [3.05, 3.63) is 59.7 Å². The van der Waals surface area contributed by atoms with Gasteiger partial charge in [-0.3, -0.25) is 14.3 Å². The van der Waals surface area contributed by atoms with E-state index >= 15 is 0 Å². The number of likely N-dealkylation sites (N-methyl/N-ethyl adjacent to an activating group) is 1. The molecule has 3 atom stereocenters. The molecule has 2 aromatic rings. The number of carbonyl (C=O) groups is 2. The summed E-state index contributed by atoms with van der Waals surface area (Å²) in [6, 6.07) is 14.1. The molecule has 4 rings (SSSR count). The van der Waals surface area contributed by atoms with Crippen molar-refractivity contribution in [2.75, 3.05) is 24.6 Å². The third kappa shape index (κ3) is 5.87. The number of ether oxygens (including phenoxy) is 2. The first-order valence-electron chi connectivity index (χ1n) is 11.2. The molecule has 0 unspecified atom stereocenters. The van der Waals surface area contributed by atoms with Crippen molar-refractivity contribution in [1.29, 1.82) is 0 Å². The molecule has 182 valence electrons. The van der Waals surface area contributed by atoms with Gasteiger partial charge in [0.15, 0.2) is 0 Å². The molecule has 2 aliphatic rings. The summed E-state index contributed by atoms with van der Waals surface area (Å²) in [5, 5.41) is 2.93. The van der Waals surface area contributed by atoms with Gasteiger partial charge in [0.25, 0.3) is 5.91 Å². The summed E-state index contributed by atoms with van der Waals surface area (Å²) in [7, 11) is -1.76. The molecule has 0 aliphatic carbocycles. The van der Waals surface area contributed by atoms with E-state index in [0.29, 0.717) is 30.8 Å². The fourth-order valence-corrected chi connectivity index (χ4v) is 4.94. The number of anilines is 1. The number of hydrogen-bond acceptors (Lipinski definition) is 6. The highest BCUT2D eigenvalue weighted by Crippen LogP contribution is 2.32. The Hall–Kier alpha value is -3.11. The fourth-order valence-electron chi connectivity index (χ4n) is 4.38. The van der Waals surface area contributed by atoms with Gasteiger partial charge in [-0.1, -0.05) is 30.3 Å². The standard InChI is InChI=1S/C24H29N3O6S/c1-27-20-10-9-18(13-23(28)25-14-16-6-4-3-5-7-16)33-22(20)15-32-21-11-8-17(26-34(2,30)31)12-19(21)24(27)29/h3-8,11-12,18,20,22,26H,9-10,13-15H2,1-2H3,(H,25,28)/t18-,20+,22+/m0/s1. The summed E-state index contributed by atoms with van der Waals surface area (Å²) in [4.78, 5) is 27.3. The first kappa shape index (κ1) is 24.0. The van der Waals surface area contributed by atoms with Gasteiger partial charge < -0.3 is 19.7 Å². The van der Waals surface area contributed by atoms with E-state index in [1.807, 2.05) is 30.3 Å². The van der Waals surface area contributed by atoms with Crippen LogP contribution in [0.25, 0.3) is 0 Å². The van der Waals surface area contributed by atoms with Crippen LogP contribution < -0.4 is 14.8 Å². The van der Waals surface area contributed by atoms with Crippen LogP contribution in [0.3, 0.4) is 0 Å². The zero-order valence-electron chi connectivity index (χ0n) is 19.2. The average Bonchev–Trinajstić information content (AvgIpc) is 2.80. The number of hydrogen-bond donors (Lipinski definition) is 2. The number of rotatable bonds is 6. The molecule has 0 bridgehead atoms. The Kier molecular flexibility index (Phi) is 7.08. The van der Waals surface area contributed by atoms with E-state index in [9.17, 15) is 18.0 Å². The Morgan fingerprint density at radius 1 is 1.15 bits per heavy atom. The summed E-state index contributed by atoms with van der Waals surface area (Å²) < 4.78 is 37.6. The minimum absolute atomic E-state index is 0.0836. The van der Waals surface area contributed by atoms with Crippen molar-refractivity contribution in [1.82, 2.24) is 10.2 Å². The molecule has 1 saturated heterocycles. The molecule has 2 amide bonds. The monoisotopic (exact) mass is 487 g/mol. The summed E-state index contributed by atoms with van der Waals surface area (Å²) in [5.41, 5.74) is 1.62. The van der Waals surface area contributed by atoms with E-state index in [1.54, 1.807) is 24.1 Å². The number of benzene rings is 2. The summed E-state index contributed by atoms with van der Waals surface area (Å²) in [5.74, 6) is 0.00457. The van der Waals surface area contributed by atoms with Gasteiger partial charge in [-0.2, -0.15) is 0 Å². The lowest BCUT2D eigenvalue weighted by Gasteiger charge is -2.42. The topological polar surface area (TPSA) is 114 Å². The molecule has 0 radical (unpaired) electrons. The number of fused-ring (bicyclic) bond motifs is 2. The molecule has 2 heterocycles. The Morgan fingerprint density at radius 2 is 1.91 bits per heavy atom. The van der Waals surface area contributed by atoms with E-state index in [4.69, 9.17) is 9.47 Å². The molecule has 0 spiro atoms. The van der Waals surface area contributed by atoms with Crippen molar-refractivity contribution in [2.24, 2.45) is 0 Å². The van der Waals surface area contributed by atoms with Gasteiger partial charge in [-0.05, 0) is 36.6 Å². The minimum atomic E-state index is -3.47. The Morgan fingerprint density at radius 3 is 2.65 bits per heavy atom. The van der Waals surface area contributed by atoms with Crippen LogP contribution in [0.1, 0.15) is 35.2 Å². The number of amides is 2. The third-order valence-corrected chi connectivity index (χ3v) is 6.67. The predicted octanol–water partition coefficient (Wildman–Crippen LogP) is 2.15. The first-order chi connectivity index (χ1) is 16.2. The maximum atomic E-state index is 13.2. The number of nitrogens with zero attached hydrogens (tertiary/aromatic N) is 1. The highest BCUT2D eigenvalue weighted by atomic mass is 32.2. The van der Waals surface area contributed by atoms with E-state index in [2.05, 4.69) is 10.0 Å². The lowest BCUT2D eigenvalue weighted by atomic mass is 9.94. The Labute approximate surface area is 199 Å². The van der Waals surface area contributed by atoms with Gasteiger partial charge in [0.1, 0.15) is 18.5 Å². The molecule has 2 aromatic carbocycles. The number of sulfonamides is 1. The quantitative estimate of drug-likeness (QED) is 0.645. The van der Waals surface area contributed by atoms with Crippen molar-refractivity contribution in [2.45, 2.75) is 44.1 Å². The average molecular weight is 488 g/mol. The van der Waals surface area contributed by atoms with Crippen molar-refractivity contribution in [3.8, 4) is 5.75 Å². The van der Waals surface area contributed by atoms with Crippen LogP contribution >= 0.6 is 0 Å². The normalized spacial score (nSPS) is 22.5. The molecule has 2 aliphatic heterocycles. The van der Waals surface area contributed by atoms with Gasteiger partial charge >= 0.3 is 0 Å². The zero-order chi connectivity index (χ0) is 24.3. The molecule has 1 fully saturated rings. The molecule has 0 saturated carbocycles. The third-order valence-electron chi connectivity index (χ3n) is 6.06. The molecule has 2 N–H and O–H groups in total. The maximum absolute atomic E-state index is 13.2. The highest BCUT2D eigenvalue weighted by molar-refractivity contribution is 7.92. The van der Waals surface area contributed by atoms with Crippen LogP contribution in [0.2, 0.25) is 0 Å². The Bertz CT molecular complexity index is 1150. The maximum Gasteiger partial charge on any atom is 0.257 e. The molecular weight excluding hydrogens is 458 g/mol.